The molecule has 2 heterocycles. The highest BCUT2D eigenvalue weighted by Gasteiger charge is 2.01. The van der Waals surface area contributed by atoms with Crippen LogP contribution in [-0.4, -0.2) is 9.78 Å². The number of nitrogens with zero attached hydrogens (tertiary/aromatic N) is 2. The summed E-state index contributed by atoms with van der Waals surface area (Å²) in [4.78, 5) is 1.37. The van der Waals surface area contributed by atoms with E-state index in [9.17, 15) is 0 Å². The highest BCUT2D eigenvalue weighted by molar-refractivity contribution is 7.09. The van der Waals surface area contributed by atoms with Gasteiger partial charge in [0.25, 0.3) is 0 Å². The fourth-order valence-corrected chi connectivity index (χ4v) is 2.23. The first-order chi connectivity index (χ1) is 7.25. The summed E-state index contributed by atoms with van der Waals surface area (Å²) >= 11 is 1.78. The van der Waals surface area contributed by atoms with Gasteiger partial charge in [0.15, 0.2) is 0 Å². The van der Waals surface area contributed by atoms with Crippen molar-refractivity contribution in [1.82, 2.24) is 15.1 Å². The summed E-state index contributed by atoms with van der Waals surface area (Å²) in [6, 6.07) is 6.34. The van der Waals surface area contributed by atoms with Crippen LogP contribution >= 0.6 is 11.3 Å². The van der Waals surface area contributed by atoms with Gasteiger partial charge >= 0.3 is 0 Å². The maximum atomic E-state index is 4.31. The first kappa shape index (κ1) is 10.4. The molecule has 0 saturated heterocycles. The van der Waals surface area contributed by atoms with Crippen molar-refractivity contribution in [1.29, 1.82) is 0 Å². The number of aromatic nitrogens is 2. The molecule has 0 fully saturated rings. The molecule has 0 bridgehead atoms. The lowest BCUT2D eigenvalue weighted by molar-refractivity contribution is 0.628. The van der Waals surface area contributed by atoms with Crippen molar-refractivity contribution < 1.29 is 0 Å². The number of hydrogen-bond acceptors (Lipinski definition) is 3. The Labute approximate surface area is 93.7 Å². The van der Waals surface area contributed by atoms with E-state index in [-0.39, 0.29) is 0 Å². The normalized spacial score (nSPS) is 10.8. The zero-order valence-electron chi connectivity index (χ0n) is 9.03. The number of nitrogens with one attached hydrogen (secondary N) is 1. The maximum absolute atomic E-state index is 4.31. The summed E-state index contributed by atoms with van der Waals surface area (Å²) in [5.74, 6) is 0. The molecule has 80 valence electrons. The van der Waals surface area contributed by atoms with Crippen LogP contribution < -0.4 is 5.32 Å². The van der Waals surface area contributed by atoms with Crippen LogP contribution in [0.15, 0.2) is 23.6 Å². The topological polar surface area (TPSA) is 29.9 Å². The van der Waals surface area contributed by atoms with E-state index in [0.717, 1.165) is 18.8 Å². The molecule has 0 unspecified atom stereocenters. The van der Waals surface area contributed by atoms with E-state index < -0.39 is 0 Å². The minimum absolute atomic E-state index is 0.870. The Morgan fingerprint density at radius 2 is 2.33 bits per heavy atom. The first-order valence-electron chi connectivity index (χ1n) is 4.98. The number of aryl methyl sites for hydroxylation is 2. The molecule has 2 rings (SSSR count). The van der Waals surface area contributed by atoms with Gasteiger partial charge in [-0.3, -0.25) is 4.68 Å². The van der Waals surface area contributed by atoms with Gasteiger partial charge in [-0.2, -0.15) is 5.10 Å². The van der Waals surface area contributed by atoms with Gasteiger partial charge in [0.2, 0.25) is 0 Å². The molecule has 0 radical (unpaired) electrons. The molecule has 0 aliphatic carbocycles. The fraction of sp³-hybridized carbons (Fsp3) is 0.364. The Hall–Kier alpha value is -1.13. The van der Waals surface area contributed by atoms with E-state index in [0.29, 0.717) is 0 Å². The SMILES string of the molecule is Cc1cc(CNCc2cccs2)n(C)n1. The van der Waals surface area contributed by atoms with Gasteiger partial charge < -0.3 is 5.32 Å². The van der Waals surface area contributed by atoms with Crippen molar-refractivity contribution in [2.75, 3.05) is 0 Å². The Bertz CT molecular complexity index is 417. The average Bonchev–Trinajstić information content (AvgIpc) is 2.77. The summed E-state index contributed by atoms with van der Waals surface area (Å²) in [5, 5.41) is 9.82. The van der Waals surface area contributed by atoms with Crippen molar-refractivity contribution in [3.63, 3.8) is 0 Å². The monoisotopic (exact) mass is 221 g/mol. The summed E-state index contributed by atoms with van der Waals surface area (Å²) in [6.07, 6.45) is 0. The molecule has 0 saturated carbocycles. The van der Waals surface area contributed by atoms with E-state index >= 15 is 0 Å². The molecule has 0 spiro atoms. The lowest BCUT2D eigenvalue weighted by atomic mass is 10.3. The summed E-state index contributed by atoms with van der Waals surface area (Å²) < 4.78 is 1.93. The predicted molar refractivity (Wildman–Crippen MR) is 62.8 cm³/mol. The largest absolute Gasteiger partial charge is 0.306 e. The van der Waals surface area contributed by atoms with Crippen LogP contribution in [0.1, 0.15) is 16.3 Å². The maximum Gasteiger partial charge on any atom is 0.0597 e. The molecule has 0 aliphatic heterocycles. The Morgan fingerprint density at radius 1 is 1.47 bits per heavy atom. The number of hydrogen-bond donors (Lipinski definition) is 1. The summed E-state index contributed by atoms with van der Waals surface area (Å²) in [5.41, 5.74) is 2.30. The van der Waals surface area contributed by atoms with E-state index in [4.69, 9.17) is 0 Å². The van der Waals surface area contributed by atoms with Gasteiger partial charge in [-0.05, 0) is 24.4 Å². The van der Waals surface area contributed by atoms with E-state index in [2.05, 4.69) is 34.0 Å². The zero-order valence-corrected chi connectivity index (χ0v) is 9.84. The molecular formula is C11H15N3S. The smallest absolute Gasteiger partial charge is 0.0597 e. The van der Waals surface area contributed by atoms with Gasteiger partial charge in [-0.1, -0.05) is 6.07 Å². The van der Waals surface area contributed by atoms with Gasteiger partial charge in [-0.15, -0.1) is 11.3 Å². The Morgan fingerprint density at radius 3 is 2.93 bits per heavy atom. The van der Waals surface area contributed by atoms with Crippen LogP contribution in [0.25, 0.3) is 0 Å². The standard InChI is InChI=1S/C11H15N3S/c1-9-6-10(14(2)13-9)7-12-8-11-4-3-5-15-11/h3-6,12H,7-8H2,1-2H3. The number of rotatable bonds is 4. The fourth-order valence-electron chi connectivity index (χ4n) is 1.56. The second-order valence-corrected chi connectivity index (χ2v) is 4.62. The minimum atomic E-state index is 0.870. The van der Waals surface area contributed by atoms with Crippen LogP contribution in [0.5, 0.6) is 0 Å². The van der Waals surface area contributed by atoms with Crippen LogP contribution in [0.4, 0.5) is 0 Å². The average molecular weight is 221 g/mol. The van der Waals surface area contributed by atoms with Crippen molar-refractivity contribution >= 4 is 11.3 Å². The molecule has 0 atom stereocenters. The molecule has 0 aliphatic rings. The molecule has 3 nitrogen and oxygen atoms in total. The van der Waals surface area contributed by atoms with Crippen LogP contribution in [0.3, 0.4) is 0 Å². The lowest BCUT2D eigenvalue weighted by Gasteiger charge is -2.03. The highest BCUT2D eigenvalue weighted by atomic mass is 32.1. The van der Waals surface area contributed by atoms with E-state index in [1.54, 1.807) is 11.3 Å². The van der Waals surface area contributed by atoms with E-state index in [1.165, 1.54) is 10.6 Å². The van der Waals surface area contributed by atoms with E-state index in [1.807, 2.05) is 18.7 Å². The van der Waals surface area contributed by atoms with Crippen molar-refractivity contribution in [3.05, 3.63) is 39.8 Å². The Kier molecular flexibility index (Phi) is 3.18. The molecule has 2 aromatic rings. The summed E-state index contributed by atoms with van der Waals surface area (Å²) in [6.45, 7) is 3.82. The third kappa shape index (κ3) is 2.67. The molecule has 0 amide bonds. The molecule has 15 heavy (non-hydrogen) atoms. The van der Waals surface area contributed by atoms with Gasteiger partial charge in [0, 0.05) is 25.0 Å². The molecule has 1 N–H and O–H groups in total. The molecule has 2 aromatic heterocycles. The molecule has 0 aromatic carbocycles. The van der Waals surface area contributed by atoms with Gasteiger partial charge in [0.1, 0.15) is 0 Å². The van der Waals surface area contributed by atoms with Crippen molar-refractivity contribution in [2.45, 2.75) is 20.0 Å². The predicted octanol–water partition coefficient (Wildman–Crippen LogP) is 2.08. The third-order valence-electron chi connectivity index (χ3n) is 2.28. The van der Waals surface area contributed by atoms with Crippen LogP contribution in [0.2, 0.25) is 0 Å². The highest BCUT2D eigenvalue weighted by Crippen LogP contribution is 2.08. The van der Waals surface area contributed by atoms with Crippen molar-refractivity contribution in [2.24, 2.45) is 7.05 Å². The van der Waals surface area contributed by atoms with Crippen LogP contribution in [0, 0.1) is 6.92 Å². The zero-order chi connectivity index (χ0) is 10.7. The second kappa shape index (κ2) is 4.59. The first-order valence-corrected chi connectivity index (χ1v) is 5.86. The molecular weight excluding hydrogens is 206 g/mol. The lowest BCUT2D eigenvalue weighted by Crippen LogP contribution is -2.14. The van der Waals surface area contributed by atoms with Gasteiger partial charge in [-0.25, -0.2) is 0 Å². The van der Waals surface area contributed by atoms with Crippen molar-refractivity contribution in [3.8, 4) is 0 Å². The minimum Gasteiger partial charge on any atom is -0.306 e. The molecule has 4 heteroatoms. The third-order valence-corrected chi connectivity index (χ3v) is 3.16. The van der Waals surface area contributed by atoms with Crippen LogP contribution in [-0.2, 0) is 20.1 Å². The second-order valence-electron chi connectivity index (χ2n) is 3.58. The Balaban J connectivity index is 1.86. The summed E-state index contributed by atoms with van der Waals surface area (Å²) in [7, 11) is 1.98. The van der Waals surface area contributed by atoms with Gasteiger partial charge in [0.05, 0.1) is 11.4 Å². The number of thiophene rings is 1. The quantitative estimate of drug-likeness (QED) is 0.856.